The lowest BCUT2D eigenvalue weighted by atomic mass is 11.3. The van der Waals surface area contributed by atoms with Gasteiger partial charge in [-0.05, 0) is 7.05 Å². The van der Waals surface area contributed by atoms with Gasteiger partial charge in [0, 0.05) is 5.82 Å². The maximum Gasteiger partial charge on any atom is 0.289 e. The van der Waals surface area contributed by atoms with Crippen LogP contribution in [0.1, 0.15) is 0 Å². The Hall–Kier alpha value is -0.110. The zero-order valence-corrected chi connectivity index (χ0v) is 4.98. The Morgan fingerprint density at radius 2 is 2.43 bits per heavy atom. The van der Waals surface area contributed by atoms with E-state index in [0.29, 0.717) is 0 Å². The Morgan fingerprint density at radius 1 is 2.00 bits per heavy atom. The van der Waals surface area contributed by atoms with Crippen LogP contribution >= 0.6 is 7.52 Å². The summed E-state index contributed by atoms with van der Waals surface area (Å²) < 4.78 is 10.3. The highest BCUT2D eigenvalue weighted by molar-refractivity contribution is 7.59. The topological polar surface area (TPSA) is 49.3 Å². The quantitative estimate of drug-likeness (QED) is 0.524. The lowest BCUT2D eigenvalue weighted by molar-refractivity contribution is 0.480. The molecule has 0 amide bonds. The Bertz CT molecular complexity index is 112. The van der Waals surface area contributed by atoms with Gasteiger partial charge in [0.15, 0.2) is 0 Å². The summed E-state index contributed by atoms with van der Waals surface area (Å²) in [6, 6.07) is 0. The van der Waals surface area contributed by atoms with Crippen molar-refractivity contribution in [1.29, 1.82) is 0 Å². The predicted octanol–water partition coefficient (Wildman–Crippen LogP) is 0.535. The molecule has 0 aliphatic heterocycles. The molecule has 42 valence electrons. The van der Waals surface area contributed by atoms with E-state index in [1.54, 1.807) is 0 Å². The van der Waals surface area contributed by atoms with Crippen molar-refractivity contribution in [3.63, 3.8) is 0 Å². The van der Waals surface area contributed by atoms with Crippen molar-refractivity contribution in [2.75, 3.05) is 7.05 Å². The van der Waals surface area contributed by atoms with E-state index in [1.807, 2.05) is 0 Å². The third-order valence-electron chi connectivity index (χ3n) is 0.568. The maximum atomic E-state index is 10.3. The first kappa shape index (κ1) is 6.89. The summed E-state index contributed by atoms with van der Waals surface area (Å²) in [4.78, 5) is 8.46. The maximum absolute atomic E-state index is 10.3. The Labute approximate surface area is 42.6 Å². The summed E-state index contributed by atoms with van der Waals surface area (Å²) in [5.41, 5.74) is 0. The van der Waals surface area contributed by atoms with Gasteiger partial charge in [0.2, 0.25) is 0 Å². The van der Waals surface area contributed by atoms with E-state index in [0.717, 1.165) is 5.82 Å². The molecule has 0 radical (unpaired) electrons. The van der Waals surface area contributed by atoms with E-state index in [9.17, 15) is 4.57 Å². The van der Waals surface area contributed by atoms with Crippen molar-refractivity contribution in [2.45, 2.75) is 0 Å². The van der Waals surface area contributed by atoms with Gasteiger partial charge in [0.25, 0.3) is 7.52 Å². The minimum atomic E-state index is -3.14. The Kier molecular flexibility index (Phi) is 2.23. The molecule has 1 unspecified atom stereocenters. The van der Waals surface area contributed by atoms with Crippen molar-refractivity contribution >= 4 is 7.52 Å². The normalized spacial score (nSPS) is 18.0. The largest absolute Gasteiger partial charge is 0.330 e. The van der Waals surface area contributed by atoms with Gasteiger partial charge in [-0.15, -0.1) is 0 Å². The molecule has 0 saturated heterocycles. The number of nitrogens with one attached hydrogen (secondary N) is 1. The first-order valence-corrected chi connectivity index (χ1v) is 3.50. The Morgan fingerprint density at radius 3 is 2.43 bits per heavy atom. The van der Waals surface area contributed by atoms with Gasteiger partial charge in [-0.2, -0.15) is 0 Å². The molecular weight excluding hydrogens is 113 g/mol. The van der Waals surface area contributed by atoms with Gasteiger partial charge in [0.1, 0.15) is 0 Å². The van der Waals surface area contributed by atoms with E-state index in [-0.39, 0.29) is 0 Å². The van der Waals surface area contributed by atoms with Gasteiger partial charge in [0.05, 0.1) is 0 Å². The van der Waals surface area contributed by atoms with Crippen molar-refractivity contribution in [3.05, 3.63) is 12.4 Å². The standard InChI is InChI=1S/C3H8NO2P/c1-3-7(5,6)4-2/h3H,1H2,2H3,(H2,4,5,6). The van der Waals surface area contributed by atoms with Crippen LogP contribution in [0, 0.1) is 0 Å². The average molecular weight is 121 g/mol. The van der Waals surface area contributed by atoms with Crippen LogP contribution in [0.25, 0.3) is 0 Å². The van der Waals surface area contributed by atoms with Crippen LogP contribution in [-0.4, -0.2) is 11.9 Å². The van der Waals surface area contributed by atoms with Crippen LogP contribution in [0.4, 0.5) is 0 Å². The molecule has 0 heterocycles. The van der Waals surface area contributed by atoms with E-state index >= 15 is 0 Å². The first-order chi connectivity index (χ1) is 3.12. The summed E-state index contributed by atoms with van der Waals surface area (Å²) >= 11 is 0. The lowest BCUT2D eigenvalue weighted by Gasteiger charge is -1.99. The zero-order valence-electron chi connectivity index (χ0n) is 4.09. The summed E-state index contributed by atoms with van der Waals surface area (Å²) in [6.07, 6.45) is 0. The molecule has 1 atom stereocenters. The molecule has 0 bridgehead atoms. The van der Waals surface area contributed by atoms with Crippen molar-refractivity contribution < 1.29 is 9.46 Å². The van der Waals surface area contributed by atoms with Crippen molar-refractivity contribution in [1.82, 2.24) is 5.09 Å². The molecule has 3 nitrogen and oxygen atoms in total. The summed E-state index contributed by atoms with van der Waals surface area (Å²) in [6.45, 7) is 3.13. The zero-order chi connectivity index (χ0) is 5.91. The van der Waals surface area contributed by atoms with Gasteiger partial charge >= 0.3 is 0 Å². The number of hydrogen-bond donors (Lipinski definition) is 2. The predicted molar refractivity (Wildman–Crippen MR) is 29.1 cm³/mol. The fourth-order valence-electron chi connectivity index (χ4n) is 0.0913. The smallest absolute Gasteiger partial charge is 0.289 e. The Balaban J connectivity index is 3.85. The SMILES string of the molecule is C=CP(=O)(O)NC. The molecule has 0 rings (SSSR count). The molecule has 7 heavy (non-hydrogen) atoms. The number of rotatable bonds is 2. The van der Waals surface area contributed by atoms with E-state index < -0.39 is 7.52 Å². The van der Waals surface area contributed by atoms with E-state index in [4.69, 9.17) is 4.89 Å². The fraction of sp³-hybridized carbons (Fsp3) is 0.333. The third-order valence-corrected chi connectivity index (χ3v) is 1.70. The van der Waals surface area contributed by atoms with Crippen molar-refractivity contribution in [3.8, 4) is 0 Å². The third kappa shape index (κ3) is 2.57. The fourth-order valence-corrected chi connectivity index (χ4v) is 0.274. The van der Waals surface area contributed by atoms with Gasteiger partial charge in [-0.3, -0.25) is 4.57 Å². The molecule has 0 spiro atoms. The molecule has 4 heteroatoms. The van der Waals surface area contributed by atoms with E-state index in [2.05, 4.69) is 11.7 Å². The monoisotopic (exact) mass is 121 g/mol. The second-order valence-corrected chi connectivity index (χ2v) is 3.09. The van der Waals surface area contributed by atoms with Gasteiger partial charge in [-0.25, -0.2) is 5.09 Å². The van der Waals surface area contributed by atoms with Crippen LogP contribution in [0.5, 0.6) is 0 Å². The first-order valence-electron chi connectivity index (χ1n) is 1.77. The molecule has 0 aromatic heterocycles. The van der Waals surface area contributed by atoms with Crippen LogP contribution in [0.3, 0.4) is 0 Å². The molecular formula is C3H8NO2P. The van der Waals surface area contributed by atoms with Gasteiger partial charge in [-0.1, -0.05) is 6.58 Å². The van der Waals surface area contributed by atoms with Gasteiger partial charge < -0.3 is 4.89 Å². The summed E-state index contributed by atoms with van der Waals surface area (Å²) in [5.74, 6) is 0.993. The minimum Gasteiger partial charge on any atom is -0.330 e. The molecule has 0 aliphatic rings. The summed E-state index contributed by atoms with van der Waals surface area (Å²) in [5, 5.41) is 2.18. The summed E-state index contributed by atoms with van der Waals surface area (Å²) in [7, 11) is -1.74. The highest BCUT2D eigenvalue weighted by Crippen LogP contribution is 2.34. The average Bonchev–Trinajstić information content (AvgIpc) is 1.68. The highest BCUT2D eigenvalue weighted by Gasteiger charge is 2.04. The van der Waals surface area contributed by atoms with E-state index in [1.165, 1.54) is 7.05 Å². The second kappa shape index (κ2) is 2.26. The minimum absolute atomic E-state index is 0.993. The highest BCUT2D eigenvalue weighted by atomic mass is 31.2. The molecule has 0 fully saturated rings. The lowest BCUT2D eigenvalue weighted by Crippen LogP contribution is -1.97. The molecule has 0 saturated carbocycles. The van der Waals surface area contributed by atoms with Crippen molar-refractivity contribution in [2.24, 2.45) is 0 Å². The molecule has 0 aromatic rings. The molecule has 0 aromatic carbocycles. The molecule has 2 N–H and O–H groups in total. The van der Waals surface area contributed by atoms with Crippen LogP contribution < -0.4 is 5.09 Å². The number of hydrogen-bond acceptors (Lipinski definition) is 1. The molecule has 0 aliphatic carbocycles. The second-order valence-electron chi connectivity index (χ2n) is 1.03. The van der Waals surface area contributed by atoms with Crippen LogP contribution in [0.2, 0.25) is 0 Å². The van der Waals surface area contributed by atoms with Crippen LogP contribution in [0.15, 0.2) is 12.4 Å². The van der Waals surface area contributed by atoms with Crippen LogP contribution in [-0.2, 0) is 4.57 Å².